The Morgan fingerprint density at radius 1 is 1.10 bits per heavy atom. The number of quaternary nitrogens is 1. The van der Waals surface area contributed by atoms with E-state index in [1.165, 1.54) is 4.90 Å². The third-order valence-electron chi connectivity index (χ3n) is 5.23. The lowest BCUT2D eigenvalue weighted by atomic mass is 9.87. The SMILES string of the molecule is C[NH+]1CCN(C(=O)/C(=C\c2ccco2)NC(=O)c2ccc(C(C)(C)C)cc2)CC1. The molecule has 0 radical (unpaired) electrons. The summed E-state index contributed by atoms with van der Waals surface area (Å²) in [6.45, 7) is 9.49. The number of rotatable bonds is 4. The number of carbonyl (C=O) groups excluding carboxylic acids is 2. The van der Waals surface area contributed by atoms with E-state index in [2.05, 4.69) is 33.1 Å². The fourth-order valence-corrected chi connectivity index (χ4v) is 3.24. The number of furan rings is 1. The van der Waals surface area contributed by atoms with E-state index in [1.807, 2.05) is 12.1 Å². The second-order valence-electron chi connectivity index (χ2n) is 8.60. The molecule has 0 unspecified atom stereocenters. The van der Waals surface area contributed by atoms with Crippen molar-refractivity contribution in [3.05, 3.63) is 65.2 Å². The van der Waals surface area contributed by atoms with Crippen molar-refractivity contribution in [2.45, 2.75) is 26.2 Å². The maximum absolute atomic E-state index is 13.1. The third kappa shape index (κ3) is 5.35. The van der Waals surface area contributed by atoms with Crippen molar-refractivity contribution < 1.29 is 18.9 Å². The summed E-state index contributed by atoms with van der Waals surface area (Å²) in [5.74, 6) is 0.0291. The van der Waals surface area contributed by atoms with Crippen LogP contribution in [-0.4, -0.2) is 49.9 Å². The molecule has 0 saturated carbocycles. The molecule has 2 aromatic rings. The summed E-state index contributed by atoms with van der Waals surface area (Å²) in [5, 5.41) is 2.80. The van der Waals surface area contributed by atoms with Gasteiger partial charge in [-0.05, 0) is 35.2 Å². The fourth-order valence-electron chi connectivity index (χ4n) is 3.24. The average Bonchev–Trinajstić information content (AvgIpc) is 3.20. The molecular formula is C23H30N3O3+. The number of piperazine rings is 1. The number of amides is 2. The van der Waals surface area contributed by atoms with Crippen molar-refractivity contribution in [2.24, 2.45) is 0 Å². The largest absolute Gasteiger partial charge is 0.465 e. The first kappa shape index (κ1) is 20.9. The maximum Gasteiger partial charge on any atom is 0.270 e. The van der Waals surface area contributed by atoms with Gasteiger partial charge in [0.15, 0.2) is 0 Å². The minimum atomic E-state index is -0.309. The van der Waals surface area contributed by atoms with Crippen molar-refractivity contribution in [1.29, 1.82) is 0 Å². The summed E-state index contributed by atoms with van der Waals surface area (Å²) in [4.78, 5) is 29.1. The van der Waals surface area contributed by atoms with Crippen molar-refractivity contribution >= 4 is 17.9 Å². The second kappa shape index (κ2) is 8.66. The van der Waals surface area contributed by atoms with Gasteiger partial charge in [0.2, 0.25) is 0 Å². The predicted molar refractivity (Wildman–Crippen MR) is 112 cm³/mol. The highest BCUT2D eigenvalue weighted by Gasteiger charge is 2.26. The number of nitrogens with zero attached hydrogens (tertiary/aromatic N) is 1. The molecule has 0 spiro atoms. The number of likely N-dealkylation sites (N-methyl/N-ethyl adjacent to an activating group) is 1. The minimum Gasteiger partial charge on any atom is -0.465 e. The Hall–Kier alpha value is -2.86. The molecule has 1 saturated heterocycles. The van der Waals surface area contributed by atoms with Gasteiger partial charge in [-0.3, -0.25) is 9.59 Å². The molecular weight excluding hydrogens is 366 g/mol. The van der Waals surface area contributed by atoms with Crippen LogP contribution in [0.25, 0.3) is 6.08 Å². The zero-order valence-corrected chi connectivity index (χ0v) is 17.6. The van der Waals surface area contributed by atoms with Crippen LogP contribution in [0.5, 0.6) is 0 Å². The number of carbonyl (C=O) groups is 2. The molecule has 6 heteroatoms. The second-order valence-corrected chi connectivity index (χ2v) is 8.60. The number of hydrogen-bond donors (Lipinski definition) is 2. The summed E-state index contributed by atoms with van der Waals surface area (Å²) in [6.07, 6.45) is 3.13. The predicted octanol–water partition coefficient (Wildman–Crippen LogP) is 1.70. The van der Waals surface area contributed by atoms with E-state index in [9.17, 15) is 9.59 Å². The molecule has 0 aliphatic carbocycles. The van der Waals surface area contributed by atoms with E-state index in [4.69, 9.17) is 4.42 Å². The van der Waals surface area contributed by atoms with Gasteiger partial charge in [0.25, 0.3) is 11.8 Å². The highest BCUT2D eigenvalue weighted by molar-refractivity contribution is 6.05. The Morgan fingerprint density at radius 2 is 1.76 bits per heavy atom. The van der Waals surface area contributed by atoms with E-state index in [0.29, 0.717) is 24.4 Å². The van der Waals surface area contributed by atoms with Crippen LogP contribution in [-0.2, 0) is 10.2 Å². The van der Waals surface area contributed by atoms with E-state index in [0.717, 1.165) is 18.7 Å². The van der Waals surface area contributed by atoms with Gasteiger partial charge in [-0.25, -0.2) is 0 Å². The van der Waals surface area contributed by atoms with Crippen LogP contribution in [0.1, 0.15) is 42.5 Å². The summed E-state index contributed by atoms with van der Waals surface area (Å²) < 4.78 is 5.36. The van der Waals surface area contributed by atoms with Crippen LogP contribution in [0.2, 0.25) is 0 Å². The minimum absolute atomic E-state index is 0.0126. The number of hydrogen-bond acceptors (Lipinski definition) is 3. The van der Waals surface area contributed by atoms with Gasteiger partial charge in [0, 0.05) is 11.6 Å². The van der Waals surface area contributed by atoms with Crippen molar-refractivity contribution in [2.75, 3.05) is 33.2 Å². The molecule has 154 valence electrons. The van der Waals surface area contributed by atoms with E-state index < -0.39 is 0 Å². The van der Waals surface area contributed by atoms with Gasteiger partial charge in [-0.2, -0.15) is 0 Å². The van der Waals surface area contributed by atoms with Crippen LogP contribution < -0.4 is 10.2 Å². The molecule has 0 bridgehead atoms. The zero-order chi connectivity index (χ0) is 21.0. The van der Waals surface area contributed by atoms with E-state index in [-0.39, 0.29) is 22.9 Å². The Kier molecular flexibility index (Phi) is 6.23. The molecule has 3 rings (SSSR count). The Bertz CT molecular complexity index is 869. The highest BCUT2D eigenvalue weighted by atomic mass is 16.3. The standard InChI is InChI=1S/C23H29N3O3/c1-23(2,3)18-9-7-17(8-10-18)21(27)24-20(16-19-6-5-15-29-19)22(28)26-13-11-25(4)12-14-26/h5-10,15-16H,11-14H2,1-4H3,(H,24,27)/p+1/b20-16+. The van der Waals surface area contributed by atoms with Gasteiger partial charge < -0.3 is 19.5 Å². The smallest absolute Gasteiger partial charge is 0.270 e. The van der Waals surface area contributed by atoms with Gasteiger partial charge in [0.05, 0.1) is 39.5 Å². The molecule has 2 amide bonds. The topological polar surface area (TPSA) is 67.0 Å². The molecule has 1 aliphatic rings. The quantitative estimate of drug-likeness (QED) is 0.773. The van der Waals surface area contributed by atoms with Gasteiger partial charge in [0.1, 0.15) is 11.5 Å². The first-order valence-corrected chi connectivity index (χ1v) is 10.0. The number of nitrogens with one attached hydrogen (secondary N) is 2. The van der Waals surface area contributed by atoms with E-state index >= 15 is 0 Å². The first-order chi connectivity index (χ1) is 13.7. The lowest BCUT2D eigenvalue weighted by Crippen LogP contribution is -3.12. The molecule has 1 aliphatic heterocycles. The Labute approximate surface area is 172 Å². The third-order valence-corrected chi connectivity index (χ3v) is 5.23. The van der Waals surface area contributed by atoms with Crippen LogP contribution in [0.3, 0.4) is 0 Å². The first-order valence-electron chi connectivity index (χ1n) is 10.0. The summed E-state index contributed by atoms with van der Waals surface area (Å²) in [6, 6.07) is 11.0. The Balaban J connectivity index is 1.79. The van der Waals surface area contributed by atoms with Gasteiger partial charge in [-0.1, -0.05) is 32.9 Å². The zero-order valence-electron chi connectivity index (χ0n) is 17.6. The van der Waals surface area contributed by atoms with Gasteiger partial charge >= 0.3 is 0 Å². The van der Waals surface area contributed by atoms with E-state index in [1.54, 1.807) is 41.5 Å². The molecule has 2 heterocycles. The summed E-state index contributed by atoms with van der Waals surface area (Å²) in [5.41, 5.74) is 1.90. The van der Waals surface area contributed by atoms with Crippen LogP contribution in [0.15, 0.2) is 52.8 Å². The van der Waals surface area contributed by atoms with Crippen LogP contribution in [0.4, 0.5) is 0 Å². The van der Waals surface area contributed by atoms with Crippen molar-refractivity contribution in [1.82, 2.24) is 10.2 Å². The molecule has 1 aromatic heterocycles. The molecule has 29 heavy (non-hydrogen) atoms. The van der Waals surface area contributed by atoms with Crippen molar-refractivity contribution in [3.8, 4) is 0 Å². The Morgan fingerprint density at radius 3 is 2.31 bits per heavy atom. The molecule has 2 N–H and O–H groups in total. The summed E-state index contributed by atoms with van der Waals surface area (Å²) >= 11 is 0. The molecule has 6 nitrogen and oxygen atoms in total. The fraction of sp³-hybridized carbons (Fsp3) is 0.391. The number of benzene rings is 1. The lowest BCUT2D eigenvalue weighted by Gasteiger charge is -2.30. The highest BCUT2D eigenvalue weighted by Crippen LogP contribution is 2.22. The lowest BCUT2D eigenvalue weighted by molar-refractivity contribution is -0.883. The van der Waals surface area contributed by atoms with Crippen LogP contribution in [0, 0.1) is 0 Å². The molecule has 1 fully saturated rings. The molecule has 1 aromatic carbocycles. The maximum atomic E-state index is 13.1. The van der Waals surface area contributed by atoms with Gasteiger partial charge in [-0.15, -0.1) is 0 Å². The monoisotopic (exact) mass is 396 g/mol. The molecule has 0 atom stereocenters. The van der Waals surface area contributed by atoms with Crippen LogP contribution >= 0.6 is 0 Å². The van der Waals surface area contributed by atoms with Crippen molar-refractivity contribution in [3.63, 3.8) is 0 Å². The summed E-state index contributed by atoms with van der Waals surface area (Å²) in [7, 11) is 2.12. The average molecular weight is 397 g/mol. The normalized spacial score (nSPS) is 16.0.